The van der Waals surface area contributed by atoms with Crippen molar-refractivity contribution in [2.75, 3.05) is 26.3 Å². The molecule has 1 amide bonds. The number of nitrogens with zero attached hydrogens (tertiary/aromatic N) is 1. The summed E-state index contributed by atoms with van der Waals surface area (Å²) in [4.78, 5) is 26.9. The summed E-state index contributed by atoms with van der Waals surface area (Å²) in [5.41, 5.74) is 0.766. The SMILES string of the molecule is O=C(O)c1cc(/C=C/C(=O)N2CCOCC2)ccc1Sc1ccc(Cl)cc1Cl. The van der Waals surface area contributed by atoms with Gasteiger partial charge in [-0.25, -0.2) is 4.79 Å². The highest BCUT2D eigenvalue weighted by Crippen LogP contribution is 2.36. The molecule has 146 valence electrons. The standard InChI is InChI=1S/C20H17Cl2NO4S/c21-14-3-5-18(16(22)12-14)28-17-4-1-13(11-15(17)20(25)26)2-6-19(24)23-7-9-27-10-8-23/h1-6,11-12H,7-10H2,(H,25,26)/b6-2+. The molecule has 0 saturated carbocycles. The first-order chi connectivity index (χ1) is 13.4. The summed E-state index contributed by atoms with van der Waals surface area (Å²) in [5.74, 6) is -1.17. The molecule has 0 bridgehead atoms. The zero-order chi connectivity index (χ0) is 20.1. The molecule has 3 rings (SSSR count). The number of amides is 1. The van der Waals surface area contributed by atoms with Gasteiger partial charge in [-0.05, 0) is 42.0 Å². The number of carbonyl (C=O) groups is 2. The number of carbonyl (C=O) groups excluding carboxylic acids is 1. The highest BCUT2D eigenvalue weighted by atomic mass is 35.5. The summed E-state index contributed by atoms with van der Waals surface area (Å²) < 4.78 is 5.23. The van der Waals surface area contributed by atoms with Crippen molar-refractivity contribution in [3.05, 3.63) is 63.6 Å². The predicted octanol–water partition coefficient (Wildman–Crippen LogP) is 4.71. The van der Waals surface area contributed by atoms with Crippen LogP contribution in [0.25, 0.3) is 6.08 Å². The Morgan fingerprint density at radius 1 is 1.07 bits per heavy atom. The molecule has 0 radical (unpaired) electrons. The Morgan fingerprint density at radius 3 is 2.46 bits per heavy atom. The molecule has 1 aliphatic heterocycles. The van der Waals surface area contributed by atoms with E-state index in [4.69, 9.17) is 27.9 Å². The Morgan fingerprint density at radius 2 is 1.79 bits per heavy atom. The van der Waals surface area contributed by atoms with Crippen LogP contribution in [0.3, 0.4) is 0 Å². The molecule has 2 aromatic carbocycles. The molecule has 0 atom stereocenters. The average Bonchev–Trinajstić information content (AvgIpc) is 2.69. The predicted molar refractivity (Wildman–Crippen MR) is 110 cm³/mol. The molecular formula is C20H17Cl2NO4S. The second-order valence-corrected chi connectivity index (χ2v) is 7.94. The summed E-state index contributed by atoms with van der Waals surface area (Å²) in [6.07, 6.45) is 3.07. The van der Waals surface area contributed by atoms with Crippen LogP contribution in [0.4, 0.5) is 0 Å². The van der Waals surface area contributed by atoms with E-state index in [1.165, 1.54) is 23.9 Å². The molecule has 2 aromatic rings. The third kappa shape index (κ3) is 5.29. The molecule has 5 nitrogen and oxygen atoms in total. The molecule has 1 N–H and O–H groups in total. The molecule has 1 heterocycles. The van der Waals surface area contributed by atoms with Gasteiger partial charge in [0.25, 0.3) is 0 Å². The van der Waals surface area contributed by atoms with E-state index in [0.29, 0.717) is 51.7 Å². The summed E-state index contributed by atoms with van der Waals surface area (Å²) in [7, 11) is 0. The molecular weight excluding hydrogens is 421 g/mol. The summed E-state index contributed by atoms with van der Waals surface area (Å²) in [6, 6.07) is 10.1. The lowest BCUT2D eigenvalue weighted by Crippen LogP contribution is -2.39. The molecule has 1 fully saturated rings. The Hall–Kier alpha value is -1.99. The van der Waals surface area contributed by atoms with Gasteiger partial charge in [-0.15, -0.1) is 0 Å². The Kier molecular flexibility index (Phi) is 7.02. The lowest BCUT2D eigenvalue weighted by atomic mass is 10.1. The van der Waals surface area contributed by atoms with Gasteiger partial charge in [0.1, 0.15) is 0 Å². The van der Waals surface area contributed by atoms with Gasteiger partial charge in [0, 0.05) is 34.0 Å². The van der Waals surface area contributed by atoms with Crippen LogP contribution in [-0.4, -0.2) is 48.2 Å². The first-order valence-electron chi connectivity index (χ1n) is 8.49. The zero-order valence-electron chi connectivity index (χ0n) is 14.7. The van der Waals surface area contributed by atoms with Crippen LogP contribution in [0.15, 0.2) is 52.3 Å². The molecule has 0 aliphatic carbocycles. The molecule has 8 heteroatoms. The van der Waals surface area contributed by atoms with Gasteiger partial charge < -0.3 is 14.7 Å². The fourth-order valence-corrected chi connectivity index (χ4v) is 4.09. The van der Waals surface area contributed by atoms with Crippen LogP contribution in [0, 0.1) is 0 Å². The molecule has 1 saturated heterocycles. The summed E-state index contributed by atoms with van der Waals surface area (Å²) in [6.45, 7) is 2.17. The number of rotatable bonds is 5. The lowest BCUT2D eigenvalue weighted by molar-refractivity contribution is -0.129. The lowest BCUT2D eigenvalue weighted by Gasteiger charge is -2.25. The zero-order valence-corrected chi connectivity index (χ0v) is 17.1. The van der Waals surface area contributed by atoms with Crippen LogP contribution in [0.2, 0.25) is 10.0 Å². The number of carboxylic acid groups (broad SMARTS) is 1. The summed E-state index contributed by atoms with van der Waals surface area (Å²) >= 11 is 13.3. The third-order valence-electron chi connectivity index (χ3n) is 4.09. The number of halogens is 2. The van der Waals surface area contributed by atoms with E-state index < -0.39 is 5.97 Å². The third-order valence-corrected chi connectivity index (χ3v) is 5.90. The number of morpholine rings is 1. The smallest absolute Gasteiger partial charge is 0.336 e. The van der Waals surface area contributed by atoms with Gasteiger partial charge in [-0.2, -0.15) is 0 Å². The van der Waals surface area contributed by atoms with E-state index in [2.05, 4.69) is 0 Å². The minimum Gasteiger partial charge on any atom is -0.478 e. The Bertz CT molecular complexity index is 926. The van der Waals surface area contributed by atoms with E-state index in [-0.39, 0.29) is 11.5 Å². The van der Waals surface area contributed by atoms with Crippen molar-refractivity contribution in [2.45, 2.75) is 9.79 Å². The van der Waals surface area contributed by atoms with Crippen LogP contribution < -0.4 is 0 Å². The maximum Gasteiger partial charge on any atom is 0.336 e. The Balaban J connectivity index is 1.79. The van der Waals surface area contributed by atoms with Crippen molar-refractivity contribution in [1.82, 2.24) is 4.90 Å². The molecule has 0 unspecified atom stereocenters. The van der Waals surface area contributed by atoms with Crippen molar-refractivity contribution < 1.29 is 19.4 Å². The maximum atomic E-state index is 12.2. The number of ether oxygens (including phenoxy) is 1. The minimum atomic E-state index is -1.05. The van der Waals surface area contributed by atoms with Crippen LogP contribution in [0.1, 0.15) is 15.9 Å². The minimum absolute atomic E-state index is 0.119. The molecule has 1 aliphatic rings. The van der Waals surface area contributed by atoms with E-state index in [0.717, 1.165) is 0 Å². The summed E-state index contributed by atoms with van der Waals surface area (Å²) in [5, 5.41) is 10.5. The van der Waals surface area contributed by atoms with Gasteiger partial charge in [-0.3, -0.25) is 4.79 Å². The van der Waals surface area contributed by atoms with Crippen molar-refractivity contribution in [1.29, 1.82) is 0 Å². The van der Waals surface area contributed by atoms with Crippen molar-refractivity contribution >= 4 is 52.9 Å². The number of hydrogen-bond acceptors (Lipinski definition) is 4. The van der Waals surface area contributed by atoms with Gasteiger partial charge in [0.2, 0.25) is 5.91 Å². The number of hydrogen-bond donors (Lipinski definition) is 1. The van der Waals surface area contributed by atoms with E-state index in [1.54, 1.807) is 41.3 Å². The normalized spacial score (nSPS) is 14.4. The van der Waals surface area contributed by atoms with Gasteiger partial charge >= 0.3 is 5.97 Å². The van der Waals surface area contributed by atoms with Crippen LogP contribution >= 0.6 is 35.0 Å². The van der Waals surface area contributed by atoms with Gasteiger partial charge in [0.15, 0.2) is 0 Å². The van der Waals surface area contributed by atoms with Crippen molar-refractivity contribution in [3.8, 4) is 0 Å². The second-order valence-electron chi connectivity index (χ2n) is 6.01. The topological polar surface area (TPSA) is 66.8 Å². The first kappa shape index (κ1) is 20.7. The van der Waals surface area contributed by atoms with Gasteiger partial charge in [-0.1, -0.05) is 41.0 Å². The quantitative estimate of drug-likeness (QED) is 0.685. The highest BCUT2D eigenvalue weighted by Gasteiger charge is 2.15. The van der Waals surface area contributed by atoms with Crippen LogP contribution in [-0.2, 0) is 9.53 Å². The fraction of sp³-hybridized carbons (Fsp3) is 0.200. The van der Waals surface area contributed by atoms with E-state index in [9.17, 15) is 14.7 Å². The number of carboxylic acids is 1. The first-order valence-corrected chi connectivity index (χ1v) is 10.1. The monoisotopic (exact) mass is 437 g/mol. The average molecular weight is 438 g/mol. The van der Waals surface area contributed by atoms with Crippen molar-refractivity contribution in [2.24, 2.45) is 0 Å². The number of benzene rings is 2. The maximum absolute atomic E-state index is 12.2. The highest BCUT2D eigenvalue weighted by molar-refractivity contribution is 7.99. The van der Waals surface area contributed by atoms with Gasteiger partial charge in [0.05, 0.1) is 23.8 Å². The van der Waals surface area contributed by atoms with E-state index >= 15 is 0 Å². The Labute approximate surface area is 176 Å². The van der Waals surface area contributed by atoms with E-state index in [1.807, 2.05) is 0 Å². The largest absolute Gasteiger partial charge is 0.478 e. The fourth-order valence-electron chi connectivity index (χ4n) is 2.64. The second kappa shape index (κ2) is 9.47. The van der Waals surface area contributed by atoms with Crippen LogP contribution in [0.5, 0.6) is 0 Å². The molecule has 0 aromatic heterocycles. The van der Waals surface area contributed by atoms with Crippen molar-refractivity contribution in [3.63, 3.8) is 0 Å². The molecule has 28 heavy (non-hydrogen) atoms. The molecule has 0 spiro atoms. The number of aromatic carboxylic acids is 1.